The molecule has 0 aromatic heterocycles. The third-order valence-corrected chi connectivity index (χ3v) is 2.01. The molecule has 0 radical (unpaired) electrons. The minimum Gasteiger partial charge on any atom is -0.339 e. The molecule has 5 heteroatoms. The van der Waals surface area contributed by atoms with Gasteiger partial charge in [0.25, 0.3) is 5.91 Å². The SMILES string of the molecule is C=CCN(C)C(=O)C(Br)(Br)Br. The quantitative estimate of drug-likeness (QED) is 0.554. The van der Waals surface area contributed by atoms with Gasteiger partial charge in [-0.25, -0.2) is 0 Å². The van der Waals surface area contributed by atoms with Gasteiger partial charge in [-0.2, -0.15) is 0 Å². The van der Waals surface area contributed by atoms with Crippen LogP contribution in [-0.4, -0.2) is 26.5 Å². The normalized spacial score (nSPS) is 10.9. The van der Waals surface area contributed by atoms with Crippen molar-refractivity contribution in [3.8, 4) is 0 Å². The standard InChI is InChI=1S/C6H8Br3NO/c1-3-4-10(2)5(11)6(7,8)9/h3H,1,4H2,2H3. The van der Waals surface area contributed by atoms with E-state index >= 15 is 0 Å². The number of carbonyl (C=O) groups is 1. The van der Waals surface area contributed by atoms with Crippen molar-refractivity contribution in [1.29, 1.82) is 0 Å². The van der Waals surface area contributed by atoms with E-state index in [0.717, 1.165) is 0 Å². The number of alkyl halides is 3. The van der Waals surface area contributed by atoms with E-state index in [1.165, 1.54) is 4.90 Å². The topological polar surface area (TPSA) is 20.3 Å². The zero-order valence-corrected chi connectivity index (χ0v) is 10.7. The van der Waals surface area contributed by atoms with Gasteiger partial charge in [0.05, 0.1) is 0 Å². The molecule has 0 atom stereocenters. The molecule has 0 heterocycles. The summed E-state index contributed by atoms with van der Waals surface area (Å²) in [5.74, 6) is -0.0996. The zero-order valence-electron chi connectivity index (χ0n) is 5.98. The fourth-order valence-corrected chi connectivity index (χ4v) is 1.40. The van der Waals surface area contributed by atoms with Crippen LogP contribution in [0, 0.1) is 0 Å². The Labute approximate surface area is 91.4 Å². The molecule has 0 saturated heterocycles. The van der Waals surface area contributed by atoms with Crippen LogP contribution in [0.4, 0.5) is 0 Å². The molecule has 0 aliphatic heterocycles. The van der Waals surface area contributed by atoms with Crippen LogP contribution in [0.1, 0.15) is 0 Å². The van der Waals surface area contributed by atoms with Crippen molar-refractivity contribution in [3.05, 3.63) is 12.7 Å². The lowest BCUT2D eigenvalue weighted by Gasteiger charge is -2.20. The van der Waals surface area contributed by atoms with Gasteiger partial charge in [-0.05, 0) is 47.8 Å². The van der Waals surface area contributed by atoms with Gasteiger partial charge in [0, 0.05) is 13.6 Å². The summed E-state index contributed by atoms with van der Waals surface area (Å²) in [6.07, 6.45) is 1.66. The number of hydrogen-bond acceptors (Lipinski definition) is 1. The second-order valence-corrected chi connectivity index (χ2v) is 8.73. The summed E-state index contributed by atoms with van der Waals surface area (Å²) >= 11 is 9.37. The van der Waals surface area contributed by atoms with Gasteiger partial charge in [0.15, 0.2) is 0 Å². The maximum Gasteiger partial charge on any atom is 0.261 e. The molecule has 0 aromatic rings. The molecular weight excluding hydrogens is 342 g/mol. The molecule has 0 rings (SSSR count). The summed E-state index contributed by atoms with van der Waals surface area (Å²) in [7, 11) is 1.70. The van der Waals surface area contributed by atoms with E-state index in [4.69, 9.17) is 0 Å². The van der Waals surface area contributed by atoms with E-state index in [9.17, 15) is 4.79 Å². The number of likely N-dealkylation sites (N-methyl/N-ethyl adjacent to an activating group) is 1. The summed E-state index contributed by atoms with van der Waals surface area (Å²) in [5, 5.41) is 0. The average Bonchev–Trinajstić information content (AvgIpc) is 1.85. The first kappa shape index (κ1) is 11.6. The first-order chi connectivity index (χ1) is 4.89. The van der Waals surface area contributed by atoms with Gasteiger partial charge in [0.2, 0.25) is 2.14 Å². The molecule has 0 bridgehead atoms. The largest absolute Gasteiger partial charge is 0.339 e. The van der Waals surface area contributed by atoms with E-state index in [0.29, 0.717) is 6.54 Å². The first-order valence-electron chi connectivity index (χ1n) is 2.82. The van der Waals surface area contributed by atoms with Crippen molar-refractivity contribution in [3.63, 3.8) is 0 Å². The summed E-state index contributed by atoms with van der Waals surface area (Å²) < 4.78 is -0.843. The molecule has 0 saturated carbocycles. The van der Waals surface area contributed by atoms with E-state index in [1.54, 1.807) is 13.1 Å². The lowest BCUT2D eigenvalue weighted by atomic mass is 10.5. The monoisotopic (exact) mass is 347 g/mol. The third kappa shape index (κ3) is 4.28. The number of amides is 1. The van der Waals surface area contributed by atoms with Crippen molar-refractivity contribution in [2.24, 2.45) is 0 Å². The molecule has 0 aliphatic carbocycles. The summed E-state index contributed by atoms with van der Waals surface area (Å²) in [6.45, 7) is 4.06. The van der Waals surface area contributed by atoms with Crippen LogP contribution in [0.5, 0.6) is 0 Å². The first-order valence-corrected chi connectivity index (χ1v) is 5.20. The van der Waals surface area contributed by atoms with Crippen molar-refractivity contribution in [1.82, 2.24) is 4.90 Å². The number of carbonyl (C=O) groups excluding carboxylic acids is 1. The molecule has 0 spiro atoms. The Morgan fingerprint density at radius 2 is 2.09 bits per heavy atom. The lowest BCUT2D eigenvalue weighted by Crippen LogP contribution is -2.35. The lowest BCUT2D eigenvalue weighted by molar-refractivity contribution is -0.127. The highest BCUT2D eigenvalue weighted by atomic mass is 80.0. The predicted molar refractivity (Wildman–Crippen MR) is 57.3 cm³/mol. The van der Waals surface area contributed by atoms with Crippen molar-refractivity contribution < 1.29 is 4.79 Å². The van der Waals surface area contributed by atoms with Crippen LogP contribution in [0.2, 0.25) is 0 Å². The molecule has 11 heavy (non-hydrogen) atoms. The van der Waals surface area contributed by atoms with Gasteiger partial charge in [-0.15, -0.1) is 6.58 Å². The highest BCUT2D eigenvalue weighted by Crippen LogP contribution is 2.34. The molecule has 0 aliphatic rings. The van der Waals surface area contributed by atoms with Crippen LogP contribution in [0.3, 0.4) is 0 Å². The summed E-state index contributed by atoms with van der Waals surface area (Å²) in [6, 6.07) is 0. The number of halogens is 3. The number of rotatable bonds is 2. The Balaban J connectivity index is 4.13. The molecule has 1 amide bonds. The Morgan fingerprint density at radius 1 is 1.64 bits per heavy atom. The molecule has 0 aromatic carbocycles. The van der Waals surface area contributed by atoms with Crippen LogP contribution in [-0.2, 0) is 4.79 Å². The summed E-state index contributed by atoms with van der Waals surface area (Å²) in [4.78, 5) is 12.8. The molecule has 0 fully saturated rings. The van der Waals surface area contributed by atoms with Gasteiger partial charge < -0.3 is 4.90 Å². The smallest absolute Gasteiger partial charge is 0.261 e. The van der Waals surface area contributed by atoms with Crippen molar-refractivity contribution >= 4 is 53.7 Å². The minimum atomic E-state index is -0.843. The molecular formula is C6H8Br3NO. The third-order valence-electron chi connectivity index (χ3n) is 0.992. The second kappa shape index (κ2) is 4.62. The average molecular weight is 350 g/mol. The van der Waals surface area contributed by atoms with Crippen LogP contribution >= 0.6 is 47.8 Å². The molecule has 0 unspecified atom stereocenters. The van der Waals surface area contributed by atoms with E-state index < -0.39 is 2.14 Å². The van der Waals surface area contributed by atoms with Gasteiger partial charge in [-0.1, -0.05) is 6.08 Å². The van der Waals surface area contributed by atoms with E-state index in [-0.39, 0.29) is 5.91 Å². The van der Waals surface area contributed by atoms with Crippen molar-refractivity contribution in [2.75, 3.05) is 13.6 Å². The Kier molecular flexibility index (Phi) is 4.89. The van der Waals surface area contributed by atoms with E-state index in [2.05, 4.69) is 54.4 Å². The van der Waals surface area contributed by atoms with Gasteiger partial charge >= 0.3 is 0 Å². The Bertz CT molecular complexity index is 164. The fraction of sp³-hybridized carbons (Fsp3) is 0.500. The second-order valence-electron chi connectivity index (χ2n) is 1.97. The highest BCUT2D eigenvalue weighted by Gasteiger charge is 2.30. The summed E-state index contributed by atoms with van der Waals surface area (Å²) in [5.41, 5.74) is 0. The molecule has 2 nitrogen and oxygen atoms in total. The Hall–Kier alpha value is 0.650. The number of hydrogen-bond donors (Lipinski definition) is 0. The molecule has 64 valence electrons. The maximum absolute atomic E-state index is 11.3. The van der Waals surface area contributed by atoms with Gasteiger partial charge in [0.1, 0.15) is 0 Å². The fourth-order valence-electron chi connectivity index (χ4n) is 0.493. The Morgan fingerprint density at radius 3 is 2.36 bits per heavy atom. The van der Waals surface area contributed by atoms with Crippen LogP contribution in [0.25, 0.3) is 0 Å². The van der Waals surface area contributed by atoms with Crippen LogP contribution < -0.4 is 0 Å². The molecule has 0 N–H and O–H groups in total. The zero-order chi connectivity index (χ0) is 9.07. The van der Waals surface area contributed by atoms with Gasteiger partial charge in [-0.3, -0.25) is 4.79 Å². The van der Waals surface area contributed by atoms with Crippen molar-refractivity contribution in [2.45, 2.75) is 2.14 Å². The highest BCUT2D eigenvalue weighted by molar-refractivity contribution is 9.40. The number of nitrogens with zero attached hydrogens (tertiary/aromatic N) is 1. The predicted octanol–water partition coefficient (Wildman–Crippen LogP) is 2.47. The maximum atomic E-state index is 11.3. The minimum absolute atomic E-state index is 0.0996. The van der Waals surface area contributed by atoms with E-state index in [1.807, 2.05) is 0 Å². The van der Waals surface area contributed by atoms with Crippen LogP contribution in [0.15, 0.2) is 12.7 Å².